The Bertz CT molecular complexity index is 732. The van der Waals surface area contributed by atoms with Crippen molar-refractivity contribution in [1.29, 1.82) is 0 Å². The molecule has 1 saturated carbocycles. The summed E-state index contributed by atoms with van der Waals surface area (Å²) in [6.45, 7) is 0.206. The van der Waals surface area contributed by atoms with Gasteiger partial charge >= 0.3 is 6.18 Å². The SMILES string of the molecule is CN[C@H]1CCN(c2cc(F)cc3c2N=C(C2CC2)NS3)[C@H](C(F)(F)F)C1. The van der Waals surface area contributed by atoms with Crippen molar-refractivity contribution >= 4 is 29.2 Å². The standard InChI is InChI=1S/C17H20F4N4S/c1-22-11-4-5-25(14(8-11)17(19,20)21)12-6-10(18)7-13-15(12)23-16(24-26-13)9-2-3-9/h6-7,9,11,14,22H,2-5,8H2,1H3,(H,23,24)/t11-,14-/m0/s1. The molecular weight excluding hydrogens is 368 g/mol. The van der Waals surface area contributed by atoms with E-state index >= 15 is 0 Å². The molecule has 4 nitrogen and oxygen atoms in total. The first-order valence-electron chi connectivity index (χ1n) is 8.72. The van der Waals surface area contributed by atoms with E-state index in [2.05, 4.69) is 15.0 Å². The Morgan fingerprint density at radius 2 is 2.04 bits per heavy atom. The van der Waals surface area contributed by atoms with Crippen LogP contribution in [0.1, 0.15) is 25.7 Å². The van der Waals surface area contributed by atoms with Crippen molar-refractivity contribution in [2.24, 2.45) is 10.9 Å². The van der Waals surface area contributed by atoms with Gasteiger partial charge in [-0.15, -0.1) is 0 Å². The lowest BCUT2D eigenvalue weighted by molar-refractivity contribution is -0.154. The number of piperidine rings is 1. The molecular formula is C17H20F4N4S. The number of halogens is 4. The Kier molecular flexibility index (Phi) is 4.54. The Hall–Kier alpha value is -1.48. The van der Waals surface area contributed by atoms with Gasteiger partial charge in [-0.1, -0.05) is 0 Å². The van der Waals surface area contributed by atoms with Crippen LogP contribution in [-0.2, 0) is 0 Å². The van der Waals surface area contributed by atoms with Crippen LogP contribution in [0.4, 0.5) is 28.9 Å². The number of aliphatic imine (C=N–C) groups is 1. The van der Waals surface area contributed by atoms with Gasteiger partial charge in [-0.3, -0.25) is 0 Å². The van der Waals surface area contributed by atoms with E-state index in [1.807, 2.05) is 0 Å². The third-order valence-electron chi connectivity index (χ3n) is 5.18. The maximum absolute atomic E-state index is 14.1. The number of anilines is 1. The monoisotopic (exact) mass is 388 g/mol. The van der Waals surface area contributed by atoms with Gasteiger partial charge in [0.2, 0.25) is 0 Å². The van der Waals surface area contributed by atoms with E-state index in [-0.39, 0.29) is 24.7 Å². The van der Waals surface area contributed by atoms with Crippen LogP contribution in [0.5, 0.6) is 0 Å². The molecule has 0 amide bonds. The van der Waals surface area contributed by atoms with E-state index in [0.29, 0.717) is 22.9 Å². The Labute approximate surface area is 153 Å². The van der Waals surface area contributed by atoms with Crippen LogP contribution in [0.15, 0.2) is 22.0 Å². The molecule has 4 rings (SSSR count). The van der Waals surface area contributed by atoms with Crippen LogP contribution in [-0.4, -0.2) is 37.7 Å². The van der Waals surface area contributed by atoms with Crippen molar-refractivity contribution in [3.8, 4) is 0 Å². The summed E-state index contributed by atoms with van der Waals surface area (Å²) in [5, 5.41) is 2.94. The highest BCUT2D eigenvalue weighted by Gasteiger charge is 2.47. The minimum atomic E-state index is -4.39. The molecule has 0 aromatic heterocycles. The first-order valence-corrected chi connectivity index (χ1v) is 9.54. The fourth-order valence-corrected chi connectivity index (χ4v) is 4.42. The van der Waals surface area contributed by atoms with Crippen LogP contribution in [0, 0.1) is 11.7 Å². The van der Waals surface area contributed by atoms with Gasteiger partial charge in [0, 0.05) is 18.5 Å². The van der Waals surface area contributed by atoms with Gasteiger partial charge in [0.25, 0.3) is 0 Å². The molecule has 9 heteroatoms. The van der Waals surface area contributed by atoms with E-state index in [9.17, 15) is 17.6 Å². The summed E-state index contributed by atoms with van der Waals surface area (Å²) in [5.74, 6) is 0.570. The molecule has 0 bridgehead atoms. The first-order chi connectivity index (χ1) is 12.4. The number of rotatable bonds is 3. The smallest absolute Gasteiger partial charge is 0.358 e. The molecule has 0 spiro atoms. The zero-order valence-corrected chi connectivity index (χ0v) is 15.1. The molecule has 2 fully saturated rings. The molecule has 2 atom stereocenters. The van der Waals surface area contributed by atoms with Gasteiger partial charge in [0.15, 0.2) is 0 Å². The lowest BCUT2D eigenvalue weighted by Gasteiger charge is -2.42. The van der Waals surface area contributed by atoms with Crippen LogP contribution in [0.3, 0.4) is 0 Å². The van der Waals surface area contributed by atoms with Gasteiger partial charge in [-0.2, -0.15) is 13.2 Å². The Balaban J connectivity index is 1.76. The molecule has 142 valence electrons. The van der Waals surface area contributed by atoms with Crippen molar-refractivity contribution in [2.45, 2.75) is 48.8 Å². The lowest BCUT2D eigenvalue weighted by Crippen LogP contribution is -2.54. The van der Waals surface area contributed by atoms with Gasteiger partial charge < -0.3 is 14.9 Å². The van der Waals surface area contributed by atoms with E-state index in [4.69, 9.17) is 0 Å². The van der Waals surface area contributed by atoms with Crippen molar-refractivity contribution in [3.05, 3.63) is 17.9 Å². The quantitative estimate of drug-likeness (QED) is 0.607. The number of amidine groups is 1. The van der Waals surface area contributed by atoms with Crippen LogP contribution >= 0.6 is 11.9 Å². The van der Waals surface area contributed by atoms with Crippen LogP contribution in [0.25, 0.3) is 0 Å². The molecule has 2 N–H and O–H groups in total. The third kappa shape index (κ3) is 3.38. The second-order valence-corrected chi connectivity index (χ2v) is 7.86. The number of benzene rings is 1. The molecule has 26 heavy (non-hydrogen) atoms. The summed E-state index contributed by atoms with van der Waals surface area (Å²) in [4.78, 5) is 6.39. The normalized spacial score (nSPS) is 26.2. The predicted octanol–water partition coefficient (Wildman–Crippen LogP) is 4.00. The Morgan fingerprint density at radius 1 is 1.27 bits per heavy atom. The molecule has 1 aromatic rings. The van der Waals surface area contributed by atoms with Gasteiger partial charge in [0.1, 0.15) is 23.4 Å². The van der Waals surface area contributed by atoms with E-state index in [1.54, 1.807) is 7.05 Å². The third-order valence-corrected chi connectivity index (χ3v) is 6.02. The zero-order valence-electron chi connectivity index (χ0n) is 14.2. The highest BCUT2D eigenvalue weighted by atomic mass is 32.2. The zero-order chi connectivity index (χ0) is 18.5. The molecule has 0 radical (unpaired) electrons. The van der Waals surface area contributed by atoms with Gasteiger partial charge in [-0.25, -0.2) is 9.38 Å². The van der Waals surface area contributed by atoms with Crippen molar-refractivity contribution in [2.75, 3.05) is 18.5 Å². The fourth-order valence-electron chi connectivity index (χ4n) is 3.58. The van der Waals surface area contributed by atoms with E-state index < -0.39 is 18.0 Å². The second-order valence-electron chi connectivity index (χ2n) is 7.01. The summed E-state index contributed by atoms with van der Waals surface area (Å²) >= 11 is 1.23. The van der Waals surface area contributed by atoms with Crippen LogP contribution < -0.4 is 14.9 Å². The topological polar surface area (TPSA) is 39.7 Å². The molecule has 1 aromatic carbocycles. The number of hydrogen-bond donors (Lipinski definition) is 2. The van der Waals surface area contributed by atoms with Crippen molar-refractivity contribution in [3.63, 3.8) is 0 Å². The maximum atomic E-state index is 14.1. The molecule has 1 saturated heterocycles. The average molecular weight is 388 g/mol. The van der Waals surface area contributed by atoms with Crippen molar-refractivity contribution < 1.29 is 17.6 Å². The second kappa shape index (κ2) is 6.60. The van der Waals surface area contributed by atoms with E-state index in [1.165, 1.54) is 29.0 Å². The molecule has 3 aliphatic rings. The number of nitrogens with one attached hydrogen (secondary N) is 2. The molecule has 2 aliphatic heterocycles. The van der Waals surface area contributed by atoms with Crippen molar-refractivity contribution in [1.82, 2.24) is 10.0 Å². The van der Waals surface area contributed by atoms with Gasteiger partial charge in [-0.05, 0) is 56.8 Å². The highest BCUT2D eigenvalue weighted by Crippen LogP contribution is 2.46. The largest absolute Gasteiger partial charge is 0.408 e. The number of hydrogen-bond acceptors (Lipinski definition) is 5. The first kappa shape index (κ1) is 17.9. The molecule has 1 aliphatic carbocycles. The average Bonchev–Trinajstić information content (AvgIpc) is 3.44. The summed E-state index contributed by atoms with van der Waals surface area (Å²) < 4.78 is 58.4. The maximum Gasteiger partial charge on any atom is 0.408 e. The van der Waals surface area contributed by atoms with E-state index in [0.717, 1.165) is 18.7 Å². The minimum absolute atomic E-state index is 0.0596. The van der Waals surface area contributed by atoms with Gasteiger partial charge in [0.05, 0.1) is 10.6 Å². The summed E-state index contributed by atoms with van der Waals surface area (Å²) in [6.07, 6.45) is -1.83. The highest BCUT2D eigenvalue weighted by molar-refractivity contribution is 7.98. The number of fused-ring (bicyclic) bond motifs is 1. The summed E-state index contributed by atoms with van der Waals surface area (Å²) in [5.41, 5.74) is 0.693. The number of alkyl halides is 3. The lowest BCUT2D eigenvalue weighted by atomic mass is 9.95. The number of nitrogens with zero attached hydrogens (tertiary/aromatic N) is 2. The molecule has 2 heterocycles. The van der Waals surface area contributed by atoms with Crippen LogP contribution in [0.2, 0.25) is 0 Å². The fraction of sp³-hybridized carbons (Fsp3) is 0.588. The summed E-state index contributed by atoms with van der Waals surface area (Å²) in [6, 6.07) is 0.659. The minimum Gasteiger partial charge on any atom is -0.358 e. The Morgan fingerprint density at radius 3 is 2.69 bits per heavy atom. The summed E-state index contributed by atoms with van der Waals surface area (Å²) in [7, 11) is 1.67. The molecule has 0 unspecified atom stereocenters. The predicted molar refractivity (Wildman–Crippen MR) is 94.5 cm³/mol.